The Morgan fingerprint density at radius 2 is 2.17 bits per heavy atom. The molecule has 0 radical (unpaired) electrons. The maximum atomic E-state index is 13.3. The number of carbonyl (C=O) groups is 1. The van der Waals surface area contributed by atoms with E-state index in [2.05, 4.69) is 15.3 Å². The van der Waals surface area contributed by atoms with Gasteiger partial charge >= 0.3 is 0 Å². The first-order chi connectivity index (χ1) is 11.0. The summed E-state index contributed by atoms with van der Waals surface area (Å²) in [7, 11) is 1.79. The molecule has 0 saturated heterocycles. The van der Waals surface area contributed by atoms with Crippen molar-refractivity contribution in [2.24, 2.45) is 7.05 Å². The molecule has 0 spiro atoms. The third-order valence-corrected chi connectivity index (χ3v) is 3.75. The van der Waals surface area contributed by atoms with E-state index in [-0.39, 0.29) is 17.8 Å². The number of halogens is 1. The van der Waals surface area contributed by atoms with Gasteiger partial charge in [0.25, 0.3) is 5.91 Å². The van der Waals surface area contributed by atoms with Crippen molar-refractivity contribution < 1.29 is 9.18 Å². The smallest absolute Gasteiger partial charge is 0.268 e. The second kappa shape index (κ2) is 6.16. The van der Waals surface area contributed by atoms with Crippen molar-refractivity contribution in [3.05, 3.63) is 60.1 Å². The summed E-state index contributed by atoms with van der Waals surface area (Å²) in [5.74, 6) is -0.508. The highest BCUT2D eigenvalue weighted by Gasteiger charge is 2.16. The van der Waals surface area contributed by atoms with Crippen LogP contribution in [-0.2, 0) is 13.5 Å². The van der Waals surface area contributed by atoms with E-state index in [1.165, 1.54) is 12.1 Å². The van der Waals surface area contributed by atoms with Crippen molar-refractivity contribution in [3.63, 3.8) is 0 Å². The molecule has 3 aromatic rings. The zero-order chi connectivity index (χ0) is 16.4. The van der Waals surface area contributed by atoms with Gasteiger partial charge in [0.05, 0.1) is 5.69 Å². The van der Waals surface area contributed by atoms with E-state index in [1.807, 2.05) is 6.92 Å². The van der Waals surface area contributed by atoms with Crippen LogP contribution in [0.25, 0.3) is 10.9 Å². The van der Waals surface area contributed by atoms with Crippen LogP contribution >= 0.6 is 0 Å². The highest BCUT2D eigenvalue weighted by molar-refractivity contribution is 5.98. The molecule has 2 heterocycles. The fourth-order valence-corrected chi connectivity index (χ4v) is 2.64. The van der Waals surface area contributed by atoms with Crippen LogP contribution in [0.3, 0.4) is 0 Å². The topological polar surface area (TPSA) is 59.8 Å². The summed E-state index contributed by atoms with van der Waals surface area (Å²) < 4.78 is 15.1. The SMILES string of the molecule is C[C@@H](Cc1cnccn1)NC(=O)c1cc2cc(F)ccc2n1C. The number of nitrogens with zero attached hydrogens (tertiary/aromatic N) is 3. The first-order valence-corrected chi connectivity index (χ1v) is 7.35. The summed E-state index contributed by atoms with van der Waals surface area (Å²) in [6, 6.07) is 6.09. The summed E-state index contributed by atoms with van der Waals surface area (Å²) in [6.45, 7) is 1.91. The Bertz CT molecular complexity index is 844. The summed E-state index contributed by atoms with van der Waals surface area (Å²) in [6.07, 6.45) is 5.52. The van der Waals surface area contributed by atoms with E-state index >= 15 is 0 Å². The number of carbonyl (C=O) groups excluding carboxylic acids is 1. The van der Waals surface area contributed by atoms with Crippen LogP contribution in [-0.4, -0.2) is 26.5 Å². The number of aryl methyl sites for hydroxylation is 1. The normalized spacial score (nSPS) is 12.3. The number of fused-ring (bicyclic) bond motifs is 1. The van der Waals surface area contributed by atoms with Crippen LogP contribution in [0.4, 0.5) is 4.39 Å². The van der Waals surface area contributed by atoms with Crippen molar-refractivity contribution in [1.29, 1.82) is 0 Å². The lowest BCUT2D eigenvalue weighted by Gasteiger charge is -2.13. The minimum atomic E-state index is -0.314. The Labute approximate surface area is 133 Å². The molecule has 0 aliphatic heterocycles. The van der Waals surface area contributed by atoms with Crippen molar-refractivity contribution in [2.75, 3.05) is 0 Å². The van der Waals surface area contributed by atoms with Crippen LogP contribution in [0.5, 0.6) is 0 Å². The molecule has 3 rings (SSSR count). The third-order valence-electron chi connectivity index (χ3n) is 3.75. The highest BCUT2D eigenvalue weighted by atomic mass is 19.1. The minimum absolute atomic E-state index is 0.0889. The molecule has 6 heteroatoms. The second-order valence-electron chi connectivity index (χ2n) is 5.57. The van der Waals surface area contributed by atoms with Gasteiger partial charge in [0.1, 0.15) is 11.5 Å². The Morgan fingerprint density at radius 3 is 2.91 bits per heavy atom. The summed E-state index contributed by atoms with van der Waals surface area (Å²) >= 11 is 0. The van der Waals surface area contributed by atoms with Gasteiger partial charge in [-0.05, 0) is 31.2 Å². The van der Waals surface area contributed by atoms with Gasteiger partial charge < -0.3 is 9.88 Å². The highest BCUT2D eigenvalue weighted by Crippen LogP contribution is 2.20. The molecule has 1 N–H and O–H groups in total. The van der Waals surface area contributed by atoms with Gasteiger partial charge in [-0.15, -0.1) is 0 Å². The molecular formula is C17H17FN4O. The van der Waals surface area contributed by atoms with Crippen LogP contribution in [0.1, 0.15) is 23.1 Å². The average molecular weight is 312 g/mol. The largest absolute Gasteiger partial charge is 0.348 e. The predicted molar refractivity (Wildman–Crippen MR) is 85.5 cm³/mol. The molecule has 0 unspecified atom stereocenters. The molecular weight excluding hydrogens is 295 g/mol. The van der Waals surface area contributed by atoms with Gasteiger partial charge in [-0.2, -0.15) is 0 Å². The molecule has 1 atom stereocenters. The van der Waals surface area contributed by atoms with Gasteiger partial charge in [0, 0.05) is 49.0 Å². The monoisotopic (exact) mass is 312 g/mol. The number of amides is 1. The minimum Gasteiger partial charge on any atom is -0.348 e. The Kier molecular flexibility index (Phi) is 4.06. The lowest BCUT2D eigenvalue weighted by atomic mass is 10.2. The van der Waals surface area contributed by atoms with Gasteiger partial charge in [0.15, 0.2) is 0 Å². The molecule has 1 amide bonds. The van der Waals surface area contributed by atoms with Gasteiger partial charge in [-0.25, -0.2) is 4.39 Å². The molecule has 0 aliphatic carbocycles. The average Bonchev–Trinajstić information content (AvgIpc) is 2.84. The van der Waals surface area contributed by atoms with E-state index in [1.54, 1.807) is 42.3 Å². The third kappa shape index (κ3) is 3.21. The lowest BCUT2D eigenvalue weighted by Crippen LogP contribution is -2.35. The van der Waals surface area contributed by atoms with Gasteiger partial charge in [0.2, 0.25) is 0 Å². The van der Waals surface area contributed by atoms with Crippen LogP contribution in [0, 0.1) is 5.82 Å². The maximum absolute atomic E-state index is 13.3. The van der Waals surface area contributed by atoms with E-state index < -0.39 is 0 Å². The van der Waals surface area contributed by atoms with Crippen molar-refractivity contribution in [3.8, 4) is 0 Å². The second-order valence-corrected chi connectivity index (χ2v) is 5.57. The predicted octanol–water partition coefficient (Wildman–Crippen LogP) is 2.47. The maximum Gasteiger partial charge on any atom is 0.268 e. The molecule has 1 aromatic carbocycles. The lowest BCUT2D eigenvalue weighted by molar-refractivity contribution is 0.0932. The molecule has 0 fully saturated rings. The first-order valence-electron chi connectivity index (χ1n) is 7.35. The zero-order valence-corrected chi connectivity index (χ0v) is 13.0. The number of nitrogens with one attached hydrogen (secondary N) is 1. The van der Waals surface area contributed by atoms with E-state index in [0.717, 1.165) is 11.2 Å². The molecule has 0 saturated carbocycles. The van der Waals surface area contributed by atoms with Crippen LogP contribution < -0.4 is 5.32 Å². The quantitative estimate of drug-likeness (QED) is 0.805. The molecule has 5 nitrogen and oxygen atoms in total. The Balaban J connectivity index is 1.76. The summed E-state index contributed by atoms with van der Waals surface area (Å²) in [5, 5.41) is 3.65. The van der Waals surface area contributed by atoms with E-state index in [4.69, 9.17) is 0 Å². The summed E-state index contributed by atoms with van der Waals surface area (Å²) in [5.41, 5.74) is 2.13. The summed E-state index contributed by atoms with van der Waals surface area (Å²) in [4.78, 5) is 20.7. The van der Waals surface area contributed by atoms with E-state index in [0.29, 0.717) is 17.5 Å². The molecule has 23 heavy (non-hydrogen) atoms. The van der Waals surface area contributed by atoms with Crippen molar-refractivity contribution in [1.82, 2.24) is 19.9 Å². The van der Waals surface area contributed by atoms with Crippen LogP contribution in [0.15, 0.2) is 42.9 Å². The van der Waals surface area contributed by atoms with Gasteiger partial charge in [-0.1, -0.05) is 0 Å². The Hall–Kier alpha value is -2.76. The van der Waals surface area contributed by atoms with Gasteiger partial charge in [-0.3, -0.25) is 14.8 Å². The van der Waals surface area contributed by atoms with Crippen LogP contribution in [0.2, 0.25) is 0 Å². The van der Waals surface area contributed by atoms with Crippen molar-refractivity contribution >= 4 is 16.8 Å². The standard InChI is InChI=1S/C17H17FN4O/c1-11(7-14-10-19-5-6-20-14)21-17(23)16-9-12-8-13(18)3-4-15(12)22(16)2/h3-6,8-11H,7H2,1-2H3,(H,21,23)/t11-/m0/s1. The molecule has 2 aromatic heterocycles. The van der Waals surface area contributed by atoms with E-state index in [9.17, 15) is 9.18 Å². The number of hydrogen-bond acceptors (Lipinski definition) is 3. The molecule has 118 valence electrons. The number of hydrogen-bond donors (Lipinski definition) is 1. The van der Waals surface area contributed by atoms with Crippen molar-refractivity contribution in [2.45, 2.75) is 19.4 Å². The number of aromatic nitrogens is 3. The fourth-order valence-electron chi connectivity index (χ4n) is 2.64. The fraction of sp³-hybridized carbons (Fsp3) is 0.235. The Morgan fingerprint density at radius 1 is 1.35 bits per heavy atom. The molecule has 0 aliphatic rings. The molecule has 0 bridgehead atoms. The number of benzene rings is 1. The zero-order valence-electron chi connectivity index (χ0n) is 13.0. The number of rotatable bonds is 4. The first kappa shape index (κ1) is 15.1.